The number of nitrogens with zero attached hydrogens (tertiary/aromatic N) is 4. The van der Waals surface area contributed by atoms with E-state index in [1.807, 2.05) is 0 Å². The van der Waals surface area contributed by atoms with Crippen molar-refractivity contribution in [3.05, 3.63) is 35.9 Å². The molecule has 0 fully saturated rings. The number of rotatable bonds is 4. The Balaban J connectivity index is 2.55. The highest BCUT2D eigenvalue weighted by molar-refractivity contribution is 5.21. The van der Waals surface area contributed by atoms with Crippen LogP contribution in [0.2, 0.25) is 0 Å². The largest absolute Gasteiger partial charge is 0.433 e. The van der Waals surface area contributed by atoms with Crippen LogP contribution in [0.25, 0.3) is 5.95 Å². The Morgan fingerprint density at radius 1 is 1.20 bits per heavy atom. The molecule has 6 nitrogen and oxygen atoms in total. The molecule has 2 aromatic heterocycles. The third-order valence-corrected chi connectivity index (χ3v) is 2.40. The van der Waals surface area contributed by atoms with Crippen LogP contribution in [0.15, 0.2) is 24.5 Å². The second-order valence-corrected chi connectivity index (χ2v) is 3.73. The van der Waals surface area contributed by atoms with Crippen LogP contribution in [0.3, 0.4) is 0 Å². The number of ether oxygens (including phenoxy) is 2. The summed E-state index contributed by atoms with van der Waals surface area (Å²) in [6.45, 7) is 0. The first-order chi connectivity index (χ1) is 9.45. The second kappa shape index (κ2) is 5.55. The van der Waals surface area contributed by atoms with Gasteiger partial charge in [-0.3, -0.25) is 0 Å². The van der Waals surface area contributed by atoms with E-state index in [9.17, 15) is 13.2 Å². The van der Waals surface area contributed by atoms with Crippen LogP contribution in [0, 0.1) is 0 Å². The molecule has 9 heteroatoms. The van der Waals surface area contributed by atoms with Gasteiger partial charge in [-0.2, -0.15) is 18.3 Å². The molecule has 0 saturated carbocycles. The van der Waals surface area contributed by atoms with Crippen LogP contribution in [0.5, 0.6) is 0 Å². The molecule has 108 valence electrons. The Morgan fingerprint density at radius 3 is 2.40 bits per heavy atom. The van der Waals surface area contributed by atoms with Crippen LogP contribution in [0.4, 0.5) is 13.2 Å². The van der Waals surface area contributed by atoms with Crippen molar-refractivity contribution in [1.29, 1.82) is 0 Å². The lowest BCUT2D eigenvalue weighted by Gasteiger charge is -2.15. The predicted octanol–water partition coefficient (Wildman–Crippen LogP) is 1.97. The summed E-state index contributed by atoms with van der Waals surface area (Å²) in [6, 6.07) is 2.33. The normalized spacial score (nSPS) is 12.1. The number of hydrogen-bond acceptors (Lipinski definition) is 5. The van der Waals surface area contributed by atoms with Crippen molar-refractivity contribution in [2.24, 2.45) is 0 Å². The minimum absolute atomic E-state index is 0.0391. The molecule has 2 aromatic rings. The molecule has 2 heterocycles. The molecule has 20 heavy (non-hydrogen) atoms. The Bertz CT molecular complexity index is 568. The maximum atomic E-state index is 12.9. The van der Waals surface area contributed by atoms with Crippen LogP contribution in [-0.2, 0) is 15.7 Å². The average Bonchev–Trinajstić information content (AvgIpc) is 2.93. The summed E-state index contributed by atoms with van der Waals surface area (Å²) in [5.74, 6) is -0.209. The zero-order valence-corrected chi connectivity index (χ0v) is 10.6. The van der Waals surface area contributed by atoms with E-state index >= 15 is 0 Å². The Kier molecular flexibility index (Phi) is 4.00. The lowest BCUT2D eigenvalue weighted by molar-refractivity contribution is -0.142. The van der Waals surface area contributed by atoms with Crippen molar-refractivity contribution < 1.29 is 22.6 Å². The van der Waals surface area contributed by atoms with Crippen molar-refractivity contribution >= 4 is 0 Å². The van der Waals surface area contributed by atoms with Crippen molar-refractivity contribution in [1.82, 2.24) is 19.7 Å². The summed E-state index contributed by atoms with van der Waals surface area (Å²) in [4.78, 5) is 7.42. The number of methoxy groups -OCH3 is 2. The summed E-state index contributed by atoms with van der Waals surface area (Å²) in [7, 11) is 2.61. The summed E-state index contributed by atoms with van der Waals surface area (Å²) < 4.78 is 49.5. The van der Waals surface area contributed by atoms with Gasteiger partial charge < -0.3 is 9.47 Å². The molecular weight excluding hydrogens is 277 g/mol. The fourth-order valence-electron chi connectivity index (χ4n) is 1.55. The standard InChI is InChI=1S/C11H11F3N4O2/c1-19-9(20-2)7-6-8(11(12,13)14)17-10(16-7)18-5-3-4-15-18/h3-6,9H,1-2H3. The molecule has 0 bridgehead atoms. The van der Waals surface area contributed by atoms with Gasteiger partial charge in [-0.15, -0.1) is 0 Å². The zero-order chi connectivity index (χ0) is 14.8. The van der Waals surface area contributed by atoms with Gasteiger partial charge >= 0.3 is 6.18 Å². The van der Waals surface area contributed by atoms with Gasteiger partial charge in [0.15, 0.2) is 5.69 Å². The molecule has 0 N–H and O–H groups in total. The molecule has 2 rings (SSSR count). The third kappa shape index (κ3) is 2.94. The van der Waals surface area contributed by atoms with E-state index in [4.69, 9.17) is 9.47 Å². The number of alkyl halides is 3. The number of halogens is 3. The first-order valence-electron chi connectivity index (χ1n) is 5.47. The maximum Gasteiger partial charge on any atom is 0.433 e. The van der Waals surface area contributed by atoms with Gasteiger partial charge in [-0.05, 0) is 12.1 Å². The van der Waals surface area contributed by atoms with E-state index in [0.29, 0.717) is 0 Å². The summed E-state index contributed by atoms with van der Waals surface area (Å²) in [5, 5.41) is 3.80. The first kappa shape index (κ1) is 14.4. The molecule has 0 aliphatic carbocycles. The summed E-state index contributed by atoms with van der Waals surface area (Å²) in [6.07, 6.45) is -2.78. The summed E-state index contributed by atoms with van der Waals surface area (Å²) >= 11 is 0. The van der Waals surface area contributed by atoms with Crippen molar-refractivity contribution in [2.75, 3.05) is 14.2 Å². The Hall–Kier alpha value is -2.00. The van der Waals surface area contributed by atoms with E-state index in [2.05, 4.69) is 15.1 Å². The maximum absolute atomic E-state index is 12.9. The molecule has 0 aromatic carbocycles. The molecular formula is C11H11F3N4O2. The lowest BCUT2D eigenvalue weighted by atomic mass is 10.3. The van der Waals surface area contributed by atoms with E-state index in [-0.39, 0.29) is 11.6 Å². The van der Waals surface area contributed by atoms with Crippen LogP contribution >= 0.6 is 0 Å². The van der Waals surface area contributed by atoms with E-state index < -0.39 is 18.2 Å². The minimum Gasteiger partial charge on any atom is -0.350 e. The fourth-order valence-corrected chi connectivity index (χ4v) is 1.55. The molecule has 0 spiro atoms. The predicted molar refractivity (Wildman–Crippen MR) is 60.9 cm³/mol. The first-order valence-corrected chi connectivity index (χ1v) is 5.47. The van der Waals surface area contributed by atoms with Gasteiger partial charge in [0.2, 0.25) is 6.29 Å². The van der Waals surface area contributed by atoms with Crippen molar-refractivity contribution in [3.63, 3.8) is 0 Å². The Morgan fingerprint density at radius 2 is 1.90 bits per heavy atom. The molecule has 0 unspecified atom stereocenters. The lowest BCUT2D eigenvalue weighted by Crippen LogP contribution is -2.16. The van der Waals surface area contributed by atoms with Crippen molar-refractivity contribution in [2.45, 2.75) is 12.5 Å². The van der Waals surface area contributed by atoms with E-state index in [1.54, 1.807) is 6.07 Å². The van der Waals surface area contributed by atoms with Gasteiger partial charge in [-0.1, -0.05) is 0 Å². The number of aromatic nitrogens is 4. The summed E-state index contributed by atoms with van der Waals surface area (Å²) in [5.41, 5.74) is -1.13. The zero-order valence-electron chi connectivity index (χ0n) is 10.6. The van der Waals surface area contributed by atoms with Crippen molar-refractivity contribution in [3.8, 4) is 5.95 Å². The van der Waals surface area contributed by atoms with Crippen LogP contribution < -0.4 is 0 Å². The highest BCUT2D eigenvalue weighted by atomic mass is 19.4. The average molecular weight is 288 g/mol. The van der Waals surface area contributed by atoms with E-state index in [0.717, 1.165) is 10.7 Å². The molecule has 0 radical (unpaired) electrons. The fraction of sp³-hybridized carbons (Fsp3) is 0.364. The molecule has 0 aliphatic heterocycles. The van der Waals surface area contributed by atoms with Crippen LogP contribution in [0.1, 0.15) is 17.7 Å². The van der Waals surface area contributed by atoms with Gasteiger partial charge in [0, 0.05) is 26.6 Å². The topological polar surface area (TPSA) is 62.1 Å². The van der Waals surface area contributed by atoms with Gasteiger partial charge in [0.1, 0.15) is 5.69 Å². The second-order valence-electron chi connectivity index (χ2n) is 3.73. The minimum atomic E-state index is -4.61. The number of hydrogen-bond donors (Lipinski definition) is 0. The smallest absolute Gasteiger partial charge is 0.350 e. The highest BCUT2D eigenvalue weighted by Crippen LogP contribution is 2.30. The SMILES string of the molecule is COC(OC)c1cc(C(F)(F)F)nc(-n2cccn2)n1. The third-order valence-electron chi connectivity index (χ3n) is 2.40. The van der Waals surface area contributed by atoms with Gasteiger partial charge in [0.05, 0.1) is 0 Å². The molecule has 0 atom stereocenters. The van der Waals surface area contributed by atoms with Gasteiger partial charge in [-0.25, -0.2) is 14.6 Å². The monoisotopic (exact) mass is 288 g/mol. The quantitative estimate of drug-likeness (QED) is 0.805. The highest BCUT2D eigenvalue weighted by Gasteiger charge is 2.34. The van der Waals surface area contributed by atoms with Gasteiger partial charge in [0.25, 0.3) is 5.95 Å². The molecule has 0 amide bonds. The Labute approximate surface area is 112 Å². The van der Waals surface area contributed by atoms with E-state index in [1.165, 1.54) is 26.6 Å². The molecule has 0 saturated heterocycles. The van der Waals surface area contributed by atoms with Crippen LogP contribution in [-0.4, -0.2) is 34.0 Å². The molecule has 0 aliphatic rings.